The lowest BCUT2D eigenvalue weighted by molar-refractivity contribution is 0.112. The predicted molar refractivity (Wildman–Crippen MR) is 45.9 cm³/mol. The number of carbonyl (C=O) groups is 1. The van der Waals surface area contributed by atoms with Gasteiger partial charge in [-0.2, -0.15) is 0 Å². The van der Waals surface area contributed by atoms with E-state index in [-0.39, 0.29) is 0 Å². The number of benzene rings is 1. The molecule has 1 rings (SSSR count). The Kier molecular flexibility index (Phi) is 2.42. The quantitative estimate of drug-likeness (QED) is 0.588. The van der Waals surface area contributed by atoms with Crippen molar-refractivity contribution in [1.82, 2.24) is 0 Å². The maximum atomic E-state index is 10.4. The van der Waals surface area contributed by atoms with Gasteiger partial charge in [-0.3, -0.25) is 4.79 Å². The van der Waals surface area contributed by atoms with Crippen LogP contribution in [0.5, 0.6) is 0 Å². The van der Waals surface area contributed by atoms with Crippen molar-refractivity contribution in [1.29, 1.82) is 0 Å². The predicted octanol–water partition coefficient (Wildman–Crippen LogP) is 2.37. The van der Waals surface area contributed by atoms with Crippen LogP contribution in [0.1, 0.15) is 28.4 Å². The molecular weight excluding hydrogens is 136 g/mol. The van der Waals surface area contributed by atoms with Crippen LogP contribution >= 0.6 is 0 Å². The summed E-state index contributed by atoms with van der Waals surface area (Å²) in [6.45, 7) is 4.09. The molecule has 1 aromatic carbocycles. The van der Waals surface area contributed by atoms with Gasteiger partial charge in [0.15, 0.2) is 0 Å². The van der Waals surface area contributed by atoms with Gasteiger partial charge in [0, 0.05) is 5.56 Å². The zero-order valence-corrected chi connectivity index (χ0v) is 6.92. The van der Waals surface area contributed by atoms with Crippen LogP contribution in [0.4, 0.5) is 0 Å². The normalized spacial score (nSPS) is 9.64. The van der Waals surface area contributed by atoms with E-state index in [9.17, 15) is 4.79 Å². The molecular formula is C10H12O. The molecule has 0 spiro atoms. The molecule has 58 valence electrons. The summed E-state index contributed by atoms with van der Waals surface area (Å²) in [5, 5.41) is 0. The van der Waals surface area contributed by atoms with Crippen molar-refractivity contribution >= 4 is 6.29 Å². The van der Waals surface area contributed by atoms with Crippen molar-refractivity contribution < 1.29 is 4.79 Å². The summed E-state index contributed by atoms with van der Waals surface area (Å²) in [5.41, 5.74) is 3.17. The van der Waals surface area contributed by atoms with Crippen molar-refractivity contribution in [3.8, 4) is 0 Å². The maximum Gasteiger partial charge on any atom is 0.150 e. The molecule has 0 heterocycles. The largest absolute Gasteiger partial charge is 0.298 e. The average Bonchev–Trinajstić information content (AvgIpc) is 2.03. The minimum atomic E-state index is 0.779. The fourth-order valence-electron chi connectivity index (χ4n) is 1.17. The topological polar surface area (TPSA) is 17.1 Å². The highest BCUT2D eigenvalue weighted by atomic mass is 16.1. The average molecular weight is 148 g/mol. The summed E-state index contributed by atoms with van der Waals surface area (Å²) in [6.07, 6.45) is 1.88. The Morgan fingerprint density at radius 3 is 2.64 bits per heavy atom. The number of carbonyl (C=O) groups excluding carboxylic acids is 1. The van der Waals surface area contributed by atoms with Gasteiger partial charge < -0.3 is 0 Å². The molecule has 0 aliphatic heterocycles. The Morgan fingerprint density at radius 2 is 2.09 bits per heavy atom. The molecule has 0 saturated heterocycles. The zero-order chi connectivity index (χ0) is 8.27. The Balaban J connectivity index is 3.11. The Morgan fingerprint density at radius 1 is 1.36 bits per heavy atom. The Labute approximate surface area is 67.1 Å². The molecule has 0 amide bonds. The molecule has 0 aliphatic rings. The fourth-order valence-corrected chi connectivity index (χ4v) is 1.17. The van der Waals surface area contributed by atoms with Crippen LogP contribution in [0.15, 0.2) is 18.2 Å². The zero-order valence-electron chi connectivity index (χ0n) is 6.92. The first-order valence-corrected chi connectivity index (χ1v) is 3.82. The van der Waals surface area contributed by atoms with Crippen molar-refractivity contribution in [3.63, 3.8) is 0 Å². The second-order valence-corrected chi connectivity index (χ2v) is 2.72. The highest BCUT2D eigenvalue weighted by Crippen LogP contribution is 2.08. The lowest BCUT2D eigenvalue weighted by Gasteiger charge is -1.99. The number of rotatable bonds is 2. The SMILES string of the molecule is CCc1cc(C)cc(C=O)c1. The second-order valence-electron chi connectivity index (χ2n) is 2.72. The molecule has 1 heteroatoms. The molecule has 0 unspecified atom stereocenters. The first-order chi connectivity index (χ1) is 5.26. The van der Waals surface area contributed by atoms with Crippen LogP contribution in [0.25, 0.3) is 0 Å². The molecule has 0 bridgehead atoms. The lowest BCUT2D eigenvalue weighted by atomic mass is 10.1. The van der Waals surface area contributed by atoms with E-state index in [2.05, 4.69) is 13.0 Å². The molecule has 0 aliphatic carbocycles. The van der Waals surface area contributed by atoms with Crippen LogP contribution in [-0.4, -0.2) is 6.29 Å². The first kappa shape index (κ1) is 7.99. The third-order valence-corrected chi connectivity index (χ3v) is 1.70. The second kappa shape index (κ2) is 3.33. The molecule has 1 nitrogen and oxygen atoms in total. The van der Waals surface area contributed by atoms with Crippen molar-refractivity contribution in [2.45, 2.75) is 20.3 Å². The fraction of sp³-hybridized carbons (Fsp3) is 0.300. The van der Waals surface area contributed by atoms with E-state index >= 15 is 0 Å². The highest BCUT2D eigenvalue weighted by molar-refractivity contribution is 5.75. The van der Waals surface area contributed by atoms with Crippen LogP contribution in [-0.2, 0) is 6.42 Å². The van der Waals surface area contributed by atoms with E-state index in [4.69, 9.17) is 0 Å². The maximum absolute atomic E-state index is 10.4. The number of hydrogen-bond acceptors (Lipinski definition) is 1. The van der Waals surface area contributed by atoms with Gasteiger partial charge in [0.05, 0.1) is 0 Å². The van der Waals surface area contributed by atoms with E-state index in [0.717, 1.165) is 23.8 Å². The van der Waals surface area contributed by atoms with Gasteiger partial charge in [0.25, 0.3) is 0 Å². The summed E-state index contributed by atoms with van der Waals surface area (Å²) in [7, 11) is 0. The highest BCUT2D eigenvalue weighted by Gasteiger charge is 1.94. The minimum Gasteiger partial charge on any atom is -0.298 e. The number of aldehydes is 1. The van der Waals surface area contributed by atoms with Gasteiger partial charge in [-0.25, -0.2) is 0 Å². The van der Waals surface area contributed by atoms with Gasteiger partial charge >= 0.3 is 0 Å². The first-order valence-electron chi connectivity index (χ1n) is 3.82. The lowest BCUT2D eigenvalue weighted by Crippen LogP contribution is -1.87. The number of hydrogen-bond donors (Lipinski definition) is 0. The molecule has 0 saturated carbocycles. The standard InChI is InChI=1S/C10H12O/c1-3-9-4-8(2)5-10(6-9)7-11/h4-7H,3H2,1-2H3. The third-order valence-electron chi connectivity index (χ3n) is 1.70. The van der Waals surface area contributed by atoms with E-state index in [0.29, 0.717) is 0 Å². The van der Waals surface area contributed by atoms with Gasteiger partial charge in [-0.05, 0) is 31.0 Å². The smallest absolute Gasteiger partial charge is 0.150 e. The molecule has 11 heavy (non-hydrogen) atoms. The van der Waals surface area contributed by atoms with E-state index in [1.807, 2.05) is 19.1 Å². The molecule has 0 fully saturated rings. The Bertz CT molecular complexity index is 264. The Hall–Kier alpha value is -1.11. The van der Waals surface area contributed by atoms with E-state index < -0.39 is 0 Å². The summed E-state index contributed by atoms with van der Waals surface area (Å²) in [5.74, 6) is 0. The monoisotopic (exact) mass is 148 g/mol. The molecule has 0 radical (unpaired) electrons. The minimum absolute atomic E-state index is 0.779. The summed E-state index contributed by atoms with van der Waals surface area (Å²) in [4.78, 5) is 10.4. The number of aryl methyl sites for hydroxylation is 2. The van der Waals surface area contributed by atoms with Gasteiger partial charge in [0.2, 0.25) is 0 Å². The van der Waals surface area contributed by atoms with Crippen LogP contribution in [0.3, 0.4) is 0 Å². The van der Waals surface area contributed by atoms with Crippen molar-refractivity contribution in [2.24, 2.45) is 0 Å². The van der Waals surface area contributed by atoms with Crippen molar-refractivity contribution in [2.75, 3.05) is 0 Å². The molecule has 0 aromatic heterocycles. The van der Waals surface area contributed by atoms with Gasteiger partial charge in [-0.15, -0.1) is 0 Å². The van der Waals surface area contributed by atoms with Crippen LogP contribution < -0.4 is 0 Å². The molecule has 0 atom stereocenters. The van der Waals surface area contributed by atoms with Gasteiger partial charge in [0.1, 0.15) is 6.29 Å². The molecule has 0 N–H and O–H groups in total. The third kappa shape index (κ3) is 1.90. The summed E-state index contributed by atoms with van der Waals surface area (Å²) in [6, 6.07) is 5.93. The van der Waals surface area contributed by atoms with Crippen LogP contribution in [0, 0.1) is 6.92 Å². The van der Waals surface area contributed by atoms with Gasteiger partial charge in [-0.1, -0.05) is 18.6 Å². The summed E-state index contributed by atoms with van der Waals surface area (Å²) < 4.78 is 0. The summed E-state index contributed by atoms with van der Waals surface area (Å²) >= 11 is 0. The van der Waals surface area contributed by atoms with E-state index in [1.54, 1.807) is 0 Å². The van der Waals surface area contributed by atoms with E-state index in [1.165, 1.54) is 5.56 Å². The molecule has 1 aromatic rings. The van der Waals surface area contributed by atoms with Crippen LogP contribution in [0.2, 0.25) is 0 Å². The van der Waals surface area contributed by atoms with Crippen molar-refractivity contribution in [3.05, 3.63) is 34.9 Å².